The maximum Gasteiger partial charge on any atom is 0.196 e. The molecule has 2 aromatic rings. The van der Waals surface area contributed by atoms with Crippen LogP contribution in [0.3, 0.4) is 0 Å². The lowest BCUT2D eigenvalue weighted by molar-refractivity contribution is 0.545. The Balaban J connectivity index is 2.57. The molecule has 2 aromatic heterocycles. The maximum absolute atomic E-state index is 13.4. The van der Waals surface area contributed by atoms with E-state index in [2.05, 4.69) is 21.0 Å². The molecule has 0 unspecified atom stereocenters. The van der Waals surface area contributed by atoms with Crippen LogP contribution in [-0.4, -0.2) is 9.78 Å². The monoisotopic (exact) mass is 259 g/mol. The Morgan fingerprint density at radius 3 is 2.71 bits per heavy atom. The van der Waals surface area contributed by atoms with Crippen molar-refractivity contribution in [1.29, 1.82) is 0 Å². The molecule has 0 saturated heterocycles. The average molecular weight is 260 g/mol. The number of halogens is 2. The number of rotatable bonds is 1. The van der Waals surface area contributed by atoms with Crippen LogP contribution in [0.25, 0.3) is 11.5 Å². The molecule has 0 amide bonds. The number of aromatic nitrogens is 2. The second-order valence-electron chi connectivity index (χ2n) is 2.78. The van der Waals surface area contributed by atoms with Crippen molar-refractivity contribution in [2.75, 3.05) is 5.73 Å². The summed E-state index contributed by atoms with van der Waals surface area (Å²) in [6, 6.07) is 3.29. The maximum atomic E-state index is 13.4. The molecule has 0 saturated carbocycles. The van der Waals surface area contributed by atoms with Gasteiger partial charge in [0.15, 0.2) is 27.8 Å². The van der Waals surface area contributed by atoms with Gasteiger partial charge in [0.1, 0.15) is 0 Å². The zero-order valence-corrected chi connectivity index (χ0v) is 8.88. The molecule has 14 heavy (non-hydrogen) atoms. The minimum Gasteiger partial charge on any atom is -0.448 e. The lowest BCUT2D eigenvalue weighted by atomic mass is 10.3. The van der Waals surface area contributed by atoms with Gasteiger partial charge in [0.05, 0.1) is 0 Å². The number of nitrogen functional groups attached to an aromatic ring is 1. The van der Waals surface area contributed by atoms with Gasteiger partial charge in [-0.05, 0) is 28.1 Å². The molecule has 4 nitrogen and oxygen atoms in total. The van der Waals surface area contributed by atoms with Crippen molar-refractivity contribution >= 4 is 21.7 Å². The van der Waals surface area contributed by atoms with Crippen LogP contribution >= 0.6 is 15.9 Å². The Morgan fingerprint density at radius 1 is 1.57 bits per heavy atom. The molecule has 0 fully saturated rings. The van der Waals surface area contributed by atoms with Crippen LogP contribution in [0.2, 0.25) is 0 Å². The summed E-state index contributed by atoms with van der Waals surface area (Å²) in [5.74, 6) is -0.219. The first kappa shape index (κ1) is 9.26. The van der Waals surface area contributed by atoms with Gasteiger partial charge in [-0.2, -0.15) is 5.10 Å². The van der Waals surface area contributed by atoms with Crippen molar-refractivity contribution < 1.29 is 8.81 Å². The second kappa shape index (κ2) is 3.13. The van der Waals surface area contributed by atoms with Crippen molar-refractivity contribution in [3.63, 3.8) is 0 Å². The van der Waals surface area contributed by atoms with E-state index in [0.717, 1.165) is 0 Å². The van der Waals surface area contributed by atoms with Gasteiger partial charge in [-0.15, -0.1) is 0 Å². The third-order valence-corrected chi connectivity index (χ3v) is 2.26. The molecule has 0 aliphatic carbocycles. The van der Waals surface area contributed by atoms with E-state index < -0.39 is 5.82 Å². The van der Waals surface area contributed by atoms with E-state index in [-0.39, 0.29) is 11.5 Å². The summed E-state index contributed by atoms with van der Waals surface area (Å²) in [4.78, 5) is 0. The van der Waals surface area contributed by atoms with E-state index in [1.54, 1.807) is 19.2 Å². The zero-order valence-electron chi connectivity index (χ0n) is 7.29. The standard InChI is InChI=1S/C8H7BrFN3O/c1-13-8(11)6(10)7(12-13)4-2-3-5(9)14-4/h2-3H,11H2,1H3. The number of nitrogens with two attached hydrogens (primary N) is 1. The summed E-state index contributed by atoms with van der Waals surface area (Å²) in [5, 5.41) is 3.90. The third-order valence-electron chi connectivity index (χ3n) is 1.84. The molecular formula is C8H7BrFN3O. The topological polar surface area (TPSA) is 57.0 Å². The molecule has 0 atom stereocenters. The van der Waals surface area contributed by atoms with Gasteiger partial charge in [0.25, 0.3) is 0 Å². The highest BCUT2D eigenvalue weighted by Gasteiger charge is 2.17. The minimum atomic E-state index is -0.561. The molecule has 2 heterocycles. The van der Waals surface area contributed by atoms with Gasteiger partial charge in [-0.3, -0.25) is 0 Å². The van der Waals surface area contributed by atoms with Crippen molar-refractivity contribution in [2.45, 2.75) is 0 Å². The first-order valence-electron chi connectivity index (χ1n) is 3.83. The molecule has 6 heteroatoms. The predicted molar refractivity (Wildman–Crippen MR) is 53.0 cm³/mol. The molecular weight excluding hydrogens is 253 g/mol. The summed E-state index contributed by atoms with van der Waals surface area (Å²) in [7, 11) is 1.57. The van der Waals surface area contributed by atoms with Gasteiger partial charge in [0.2, 0.25) is 0 Å². The van der Waals surface area contributed by atoms with E-state index in [1.807, 2.05) is 0 Å². The van der Waals surface area contributed by atoms with E-state index in [1.165, 1.54) is 4.68 Å². The first-order chi connectivity index (χ1) is 6.59. The van der Waals surface area contributed by atoms with Crippen LogP contribution in [0, 0.1) is 5.82 Å². The predicted octanol–water partition coefficient (Wildman–Crippen LogP) is 2.16. The number of nitrogens with zero attached hydrogens (tertiary/aromatic N) is 2. The Morgan fingerprint density at radius 2 is 2.29 bits per heavy atom. The Bertz CT molecular complexity index is 477. The summed E-state index contributed by atoms with van der Waals surface area (Å²) in [5.41, 5.74) is 5.54. The zero-order chi connectivity index (χ0) is 10.3. The average Bonchev–Trinajstić information content (AvgIpc) is 2.66. The Kier molecular flexibility index (Phi) is 2.07. The fourth-order valence-corrected chi connectivity index (χ4v) is 1.42. The normalized spacial score (nSPS) is 10.8. The van der Waals surface area contributed by atoms with E-state index in [4.69, 9.17) is 10.2 Å². The number of aryl methyl sites for hydroxylation is 1. The molecule has 2 rings (SSSR count). The first-order valence-corrected chi connectivity index (χ1v) is 4.62. The summed E-state index contributed by atoms with van der Waals surface area (Å²) in [6.45, 7) is 0. The van der Waals surface area contributed by atoms with Crippen LogP contribution in [0.1, 0.15) is 0 Å². The van der Waals surface area contributed by atoms with Gasteiger partial charge >= 0.3 is 0 Å². The fourth-order valence-electron chi connectivity index (χ4n) is 1.11. The van der Waals surface area contributed by atoms with Crippen LogP contribution in [0.15, 0.2) is 21.2 Å². The van der Waals surface area contributed by atoms with Crippen LogP contribution in [0.5, 0.6) is 0 Å². The van der Waals surface area contributed by atoms with Crippen molar-refractivity contribution in [3.8, 4) is 11.5 Å². The smallest absolute Gasteiger partial charge is 0.196 e. The fraction of sp³-hybridized carbons (Fsp3) is 0.125. The minimum absolute atomic E-state index is 0.00692. The number of hydrogen-bond donors (Lipinski definition) is 1. The van der Waals surface area contributed by atoms with Gasteiger partial charge in [-0.1, -0.05) is 0 Å². The number of furan rings is 1. The third kappa shape index (κ3) is 1.31. The van der Waals surface area contributed by atoms with Crippen molar-refractivity contribution in [3.05, 3.63) is 22.6 Å². The molecule has 0 aliphatic heterocycles. The highest BCUT2D eigenvalue weighted by Crippen LogP contribution is 2.28. The lowest BCUT2D eigenvalue weighted by Gasteiger charge is -1.88. The summed E-state index contributed by atoms with van der Waals surface area (Å²) in [6.07, 6.45) is 0. The molecule has 2 N–H and O–H groups in total. The van der Waals surface area contributed by atoms with E-state index >= 15 is 0 Å². The number of anilines is 1. The van der Waals surface area contributed by atoms with E-state index in [0.29, 0.717) is 10.4 Å². The van der Waals surface area contributed by atoms with Crippen LogP contribution in [-0.2, 0) is 7.05 Å². The van der Waals surface area contributed by atoms with Gasteiger partial charge < -0.3 is 10.2 Å². The van der Waals surface area contributed by atoms with Crippen molar-refractivity contribution in [2.24, 2.45) is 7.05 Å². The van der Waals surface area contributed by atoms with Crippen LogP contribution < -0.4 is 5.73 Å². The Hall–Kier alpha value is -1.30. The van der Waals surface area contributed by atoms with Crippen molar-refractivity contribution in [1.82, 2.24) is 9.78 Å². The molecule has 74 valence electrons. The van der Waals surface area contributed by atoms with Gasteiger partial charge in [0, 0.05) is 7.05 Å². The van der Waals surface area contributed by atoms with Gasteiger partial charge in [-0.25, -0.2) is 9.07 Å². The molecule has 0 spiro atoms. The summed E-state index contributed by atoms with van der Waals surface area (Å²) >= 11 is 3.12. The molecule has 0 aliphatic rings. The second-order valence-corrected chi connectivity index (χ2v) is 3.56. The largest absolute Gasteiger partial charge is 0.448 e. The Labute approximate surface area is 87.6 Å². The van der Waals surface area contributed by atoms with Crippen LogP contribution in [0.4, 0.5) is 10.2 Å². The summed E-state index contributed by atoms with van der Waals surface area (Å²) < 4.78 is 20.4. The number of hydrogen-bond acceptors (Lipinski definition) is 3. The lowest BCUT2D eigenvalue weighted by Crippen LogP contribution is -1.97. The quantitative estimate of drug-likeness (QED) is 0.854. The molecule has 0 bridgehead atoms. The SMILES string of the molecule is Cn1nc(-c2ccc(Br)o2)c(F)c1N. The highest BCUT2D eigenvalue weighted by molar-refractivity contribution is 9.10. The molecule has 0 aromatic carbocycles. The van der Waals surface area contributed by atoms with E-state index in [9.17, 15) is 4.39 Å². The molecule has 0 radical (unpaired) electrons. The highest BCUT2D eigenvalue weighted by atomic mass is 79.9.